The number of amides is 1. The fourth-order valence-corrected chi connectivity index (χ4v) is 2.85. The maximum atomic E-state index is 12.3. The molecule has 0 spiro atoms. The average molecular weight is 315 g/mol. The highest BCUT2D eigenvalue weighted by Crippen LogP contribution is 2.25. The number of rotatable bonds is 3. The van der Waals surface area contributed by atoms with E-state index in [0.717, 1.165) is 31.4 Å². The lowest BCUT2D eigenvalue weighted by Crippen LogP contribution is -2.38. The molecule has 1 amide bonds. The number of halogens is 1. The molecule has 1 aromatic heterocycles. The van der Waals surface area contributed by atoms with Crippen molar-refractivity contribution in [1.29, 1.82) is 0 Å². The number of nitrogens with zero attached hydrogens (tertiary/aromatic N) is 1. The van der Waals surface area contributed by atoms with Crippen LogP contribution in [-0.2, 0) is 11.3 Å². The molecule has 1 aromatic rings. The molecule has 1 heterocycles. The van der Waals surface area contributed by atoms with Gasteiger partial charge < -0.3 is 15.1 Å². The third-order valence-corrected chi connectivity index (χ3v) is 3.89. The Morgan fingerprint density at radius 2 is 2.33 bits per heavy atom. The van der Waals surface area contributed by atoms with Gasteiger partial charge in [-0.3, -0.25) is 4.79 Å². The Balaban J connectivity index is 1.91. The summed E-state index contributed by atoms with van der Waals surface area (Å²) >= 11 is 3.26. The fourth-order valence-electron chi connectivity index (χ4n) is 2.51. The Bertz CT molecular complexity index is 419. The molecule has 2 atom stereocenters. The molecule has 1 fully saturated rings. The molecule has 2 unspecified atom stereocenters. The van der Waals surface area contributed by atoms with Crippen LogP contribution in [0.3, 0.4) is 0 Å². The van der Waals surface area contributed by atoms with E-state index in [4.69, 9.17) is 10.2 Å². The number of furan rings is 1. The molecular weight excluding hydrogens is 296 g/mol. The molecule has 0 aliphatic heterocycles. The van der Waals surface area contributed by atoms with Gasteiger partial charge in [-0.2, -0.15) is 0 Å². The van der Waals surface area contributed by atoms with Crippen molar-refractivity contribution in [2.45, 2.75) is 38.3 Å². The zero-order valence-corrected chi connectivity index (χ0v) is 12.1. The summed E-state index contributed by atoms with van der Waals surface area (Å²) < 4.78 is 6.10. The molecule has 1 aliphatic carbocycles. The van der Waals surface area contributed by atoms with E-state index in [2.05, 4.69) is 15.9 Å². The first-order chi connectivity index (χ1) is 8.56. The van der Waals surface area contributed by atoms with Crippen molar-refractivity contribution in [1.82, 2.24) is 4.90 Å². The van der Waals surface area contributed by atoms with Crippen LogP contribution in [0.2, 0.25) is 0 Å². The predicted molar refractivity (Wildman–Crippen MR) is 72.8 cm³/mol. The lowest BCUT2D eigenvalue weighted by molar-refractivity contribution is -0.136. The average Bonchev–Trinajstić information content (AvgIpc) is 2.73. The molecule has 0 aromatic carbocycles. The van der Waals surface area contributed by atoms with Crippen molar-refractivity contribution in [3.8, 4) is 0 Å². The third kappa shape index (κ3) is 3.36. The Kier molecular flexibility index (Phi) is 4.45. The predicted octanol–water partition coefficient (Wildman–Crippen LogP) is 2.52. The topological polar surface area (TPSA) is 59.5 Å². The molecule has 1 saturated carbocycles. The summed E-state index contributed by atoms with van der Waals surface area (Å²) in [6.07, 6.45) is 3.86. The van der Waals surface area contributed by atoms with Gasteiger partial charge in [-0.05, 0) is 47.3 Å². The molecular formula is C13H19BrN2O2. The molecule has 0 bridgehead atoms. The monoisotopic (exact) mass is 314 g/mol. The van der Waals surface area contributed by atoms with Gasteiger partial charge in [0, 0.05) is 19.0 Å². The van der Waals surface area contributed by atoms with Crippen LogP contribution in [0.1, 0.15) is 31.4 Å². The second-order valence-electron chi connectivity index (χ2n) is 5.02. The van der Waals surface area contributed by atoms with Gasteiger partial charge in [0.1, 0.15) is 5.76 Å². The van der Waals surface area contributed by atoms with Gasteiger partial charge >= 0.3 is 0 Å². The smallest absolute Gasteiger partial charge is 0.225 e. The molecule has 18 heavy (non-hydrogen) atoms. The van der Waals surface area contributed by atoms with Gasteiger partial charge in [0.05, 0.1) is 6.54 Å². The first kappa shape index (κ1) is 13.6. The van der Waals surface area contributed by atoms with Gasteiger partial charge in [-0.25, -0.2) is 0 Å². The number of carbonyl (C=O) groups excluding carboxylic acids is 1. The normalized spacial score (nSPS) is 23.9. The summed E-state index contributed by atoms with van der Waals surface area (Å²) in [6.45, 7) is 0.510. The lowest BCUT2D eigenvalue weighted by atomic mass is 9.85. The third-order valence-electron chi connectivity index (χ3n) is 3.46. The molecule has 100 valence electrons. The first-order valence-corrected chi connectivity index (χ1v) is 7.10. The van der Waals surface area contributed by atoms with E-state index >= 15 is 0 Å². The summed E-state index contributed by atoms with van der Waals surface area (Å²) in [6, 6.07) is 3.89. The minimum Gasteiger partial charge on any atom is -0.452 e. The van der Waals surface area contributed by atoms with Gasteiger partial charge in [0.15, 0.2) is 4.67 Å². The second-order valence-corrected chi connectivity index (χ2v) is 5.81. The highest BCUT2D eigenvalue weighted by molar-refractivity contribution is 9.10. The van der Waals surface area contributed by atoms with Crippen molar-refractivity contribution in [3.63, 3.8) is 0 Å². The van der Waals surface area contributed by atoms with Gasteiger partial charge in [-0.1, -0.05) is 6.42 Å². The molecule has 2 N–H and O–H groups in total. The molecule has 0 saturated heterocycles. The molecule has 2 rings (SSSR count). The van der Waals surface area contributed by atoms with Gasteiger partial charge in [0.25, 0.3) is 0 Å². The highest BCUT2D eigenvalue weighted by atomic mass is 79.9. The van der Waals surface area contributed by atoms with Gasteiger partial charge in [-0.15, -0.1) is 0 Å². The Labute approximate surface area is 116 Å². The van der Waals surface area contributed by atoms with Crippen molar-refractivity contribution in [2.75, 3.05) is 7.05 Å². The van der Waals surface area contributed by atoms with Crippen LogP contribution >= 0.6 is 15.9 Å². The van der Waals surface area contributed by atoms with Crippen LogP contribution < -0.4 is 5.73 Å². The van der Waals surface area contributed by atoms with Crippen molar-refractivity contribution in [3.05, 3.63) is 22.6 Å². The lowest BCUT2D eigenvalue weighted by Gasteiger charge is -2.29. The van der Waals surface area contributed by atoms with Crippen LogP contribution in [0.5, 0.6) is 0 Å². The van der Waals surface area contributed by atoms with Crippen molar-refractivity contribution >= 4 is 21.8 Å². The molecule has 1 aliphatic rings. The minimum absolute atomic E-state index is 0.0807. The summed E-state index contributed by atoms with van der Waals surface area (Å²) in [5, 5.41) is 0. The van der Waals surface area contributed by atoms with Crippen LogP contribution in [0, 0.1) is 5.92 Å². The number of hydrogen-bond acceptors (Lipinski definition) is 3. The Morgan fingerprint density at radius 3 is 2.94 bits per heavy atom. The molecule has 5 heteroatoms. The zero-order valence-electron chi connectivity index (χ0n) is 10.6. The summed E-state index contributed by atoms with van der Waals surface area (Å²) in [5.74, 6) is 1.05. The van der Waals surface area contributed by atoms with E-state index in [-0.39, 0.29) is 17.9 Å². The van der Waals surface area contributed by atoms with Crippen molar-refractivity contribution < 1.29 is 9.21 Å². The van der Waals surface area contributed by atoms with Crippen LogP contribution in [0.4, 0.5) is 0 Å². The number of hydrogen-bond donors (Lipinski definition) is 1. The van der Waals surface area contributed by atoms with E-state index in [1.165, 1.54) is 0 Å². The van der Waals surface area contributed by atoms with Crippen LogP contribution in [0.25, 0.3) is 0 Å². The quantitative estimate of drug-likeness (QED) is 0.932. The summed E-state index contributed by atoms with van der Waals surface area (Å²) in [5.41, 5.74) is 5.92. The standard InChI is InChI=1S/C13H19BrN2O2/c1-16(8-11-5-6-12(14)18-11)13(17)9-3-2-4-10(15)7-9/h5-6,9-10H,2-4,7-8,15H2,1H3. The highest BCUT2D eigenvalue weighted by Gasteiger charge is 2.27. The summed E-state index contributed by atoms with van der Waals surface area (Å²) in [4.78, 5) is 14.0. The first-order valence-electron chi connectivity index (χ1n) is 6.31. The van der Waals surface area contributed by atoms with Crippen LogP contribution in [-0.4, -0.2) is 23.9 Å². The van der Waals surface area contributed by atoms with E-state index in [1.807, 2.05) is 19.2 Å². The molecule has 4 nitrogen and oxygen atoms in total. The van der Waals surface area contributed by atoms with E-state index in [1.54, 1.807) is 4.90 Å². The SMILES string of the molecule is CN(Cc1ccc(Br)o1)C(=O)C1CCCC(N)C1. The Morgan fingerprint density at radius 1 is 1.56 bits per heavy atom. The van der Waals surface area contributed by atoms with Crippen molar-refractivity contribution in [2.24, 2.45) is 11.7 Å². The van der Waals surface area contributed by atoms with Gasteiger partial charge in [0.2, 0.25) is 5.91 Å². The van der Waals surface area contributed by atoms with E-state index in [9.17, 15) is 4.79 Å². The largest absolute Gasteiger partial charge is 0.452 e. The molecule has 0 radical (unpaired) electrons. The van der Waals surface area contributed by atoms with E-state index < -0.39 is 0 Å². The fraction of sp³-hybridized carbons (Fsp3) is 0.615. The Hall–Kier alpha value is -0.810. The second kappa shape index (κ2) is 5.89. The summed E-state index contributed by atoms with van der Waals surface area (Å²) in [7, 11) is 1.82. The number of carbonyl (C=O) groups is 1. The zero-order chi connectivity index (χ0) is 13.1. The van der Waals surface area contributed by atoms with Crippen LogP contribution in [0.15, 0.2) is 21.2 Å². The maximum absolute atomic E-state index is 12.3. The van der Waals surface area contributed by atoms with E-state index in [0.29, 0.717) is 11.2 Å². The maximum Gasteiger partial charge on any atom is 0.225 e. The minimum atomic E-state index is 0.0807. The number of nitrogens with two attached hydrogens (primary N) is 1.